The van der Waals surface area contributed by atoms with E-state index in [9.17, 15) is 0 Å². The van der Waals surface area contributed by atoms with Gasteiger partial charge in [0.1, 0.15) is 11.4 Å². The molecule has 4 aromatic rings. The fraction of sp³-hybridized carbons (Fsp3) is 0. The highest BCUT2D eigenvalue weighted by atomic mass is 15.3. The molecule has 0 radical (unpaired) electrons. The van der Waals surface area contributed by atoms with Crippen molar-refractivity contribution in [3.63, 3.8) is 0 Å². The molecule has 0 unspecified atom stereocenters. The van der Waals surface area contributed by atoms with Crippen molar-refractivity contribution in [3.05, 3.63) is 83.4 Å². The summed E-state index contributed by atoms with van der Waals surface area (Å²) in [5.74, 6) is 0. The maximum atomic E-state index is 3.93. The second-order valence-corrected chi connectivity index (χ2v) is 5.71. The number of hydrogen-bond donors (Lipinski definition) is 2. The number of nitrogens with one attached hydrogen (secondary N) is 2. The molecule has 0 bridgehead atoms. The molecule has 4 rings (SSSR count). The Morgan fingerprint density at radius 3 is 1.31 bits per heavy atom. The molecule has 0 atom stereocenters. The average Bonchev–Trinajstić information content (AvgIpc) is 3.40. The Balaban J connectivity index is 1.45. The summed E-state index contributed by atoms with van der Waals surface area (Å²) in [4.78, 5) is 0. The second-order valence-electron chi connectivity index (χ2n) is 5.71. The van der Waals surface area contributed by atoms with E-state index in [2.05, 4.69) is 79.4 Å². The molecule has 6 heteroatoms. The van der Waals surface area contributed by atoms with Crippen LogP contribution in [0.2, 0.25) is 0 Å². The number of benzene rings is 2. The van der Waals surface area contributed by atoms with E-state index in [1.165, 1.54) is 11.1 Å². The molecule has 2 aromatic carbocycles. The van der Waals surface area contributed by atoms with Gasteiger partial charge in [0.15, 0.2) is 0 Å². The van der Waals surface area contributed by atoms with Crippen LogP contribution in [0.25, 0.3) is 35.4 Å². The fourth-order valence-corrected chi connectivity index (χ4v) is 2.52. The van der Waals surface area contributed by atoms with Crippen molar-refractivity contribution in [1.82, 2.24) is 30.8 Å². The highest BCUT2D eigenvalue weighted by molar-refractivity contribution is 5.73. The van der Waals surface area contributed by atoms with E-state index in [-0.39, 0.29) is 0 Å². The molecule has 126 valence electrons. The number of aromatic nitrogens is 6. The minimum absolute atomic E-state index is 0.809. The molecule has 2 N–H and O–H groups in total. The van der Waals surface area contributed by atoms with Crippen LogP contribution >= 0.6 is 0 Å². The van der Waals surface area contributed by atoms with Gasteiger partial charge < -0.3 is 0 Å². The normalized spacial score (nSPS) is 11.5. The summed E-state index contributed by atoms with van der Waals surface area (Å²) in [6, 6.07) is 16.8. The van der Waals surface area contributed by atoms with Gasteiger partial charge in [0.05, 0.1) is 0 Å². The quantitative estimate of drug-likeness (QED) is 0.576. The van der Waals surface area contributed by atoms with Gasteiger partial charge in [-0.25, -0.2) is 0 Å². The number of aromatic amines is 2. The molecule has 0 saturated heterocycles. The largest absolute Gasteiger partial charge is 0.265 e. The Morgan fingerprint density at radius 1 is 0.538 bits per heavy atom. The molecule has 0 amide bonds. The smallest absolute Gasteiger partial charge is 0.105 e. The molecule has 0 aliphatic rings. The molecule has 26 heavy (non-hydrogen) atoms. The topological polar surface area (TPSA) is 83.1 Å². The first-order valence-corrected chi connectivity index (χ1v) is 8.16. The number of hydrogen-bond acceptors (Lipinski definition) is 4. The second kappa shape index (κ2) is 7.40. The van der Waals surface area contributed by atoms with E-state index >= 15 is 0 Å². The van der Waals surface area contributed by atoms with Crippen LogP contribution in [-0.2, 0) is 0 Å². The molecular weight excluding hydrogens is 324 g/mol. The summed E-state index contributed by atoms with van der Waals surface area (Å²) in [6.45, 7) is 0. The van der Waals surface area contributed by atoms with Gasteiger partial charge in [-0.3, -0.25) is 10.2 Å². The van der Waals surface area contributed by atoms with E-state index in [1.54, 1.807) is 12.4 Å². The zero-order valence-electron chi connectivity index (χ0n) is 13.9. The monoisotopic (exact) mass is 340 g/mol. The average molecular weight is 340 g/mol. The molecule has 0 aliphatic heterocycles. The molecule has 0 aliphatic carbocycles. The van der Waals surface area contributed by atoms with Crippen LogP contribution in [0.1, 0.15) is 22.5 Å². The first-order chi connectivity index (χ1) is 12.9. The van der Waals surface area contributed by atoms with Gasteiger partial charge in [-0.05, 0) is 34.4 Å². The zero-order valence-corrected chi connectivity index (χ0v) is 13.9. The lowest BCUT2D eigenvalue weighted by Crippen LogP contribution is -1.80. The molecule has 0 fully saturated rings. The van der Waals surface area contributed by atoms with Gasteiger partial charge in [0.2, 0.25) is 0 Å². The van der Waals surface area contributed by atoms with Gasteiger partial charge in [-0.2, -0.15) is 0 Å². The zero-order chi connectivity index (χ0) is 17.6. The minimum atomic E-state index is 0.809. The van der Waals surface area contributed by atoms with Crippen molar-refractivity contribution in [2.24, 2.45) is 0 Å². The fourth-order valence-electron chi connectivity index (χ4n) is 2.52. The van der Waals surface area contributed by atoms with Crippen LogP contribution in [0.5, 0.6) is 0 Å². The van der Waals surface area contributed by atoms with E-state index in [4.69, 9.17) is 0 Å². The van der Waals surface area contributed by atoms with E-state index in [0.29, 0.717) is 0 Å². The van der Waals surface area contributed by atoms with Gasteiger partial charge in [-0.1, -0.05) is 71.1 Å². The lowest BCUT2D eigenvalue weighted by molar-refractivity contribution is 0.937. The van der Waals surface area contributed by atoms with E-state index < -0.39 is 0 Å². The maximum Gasteiger partial charge on any atom is 0.105 e. The standard InChI is InChI=1S/C20H16N6/c1-7-17(8-2-15(1)5-11-19-13-21-25-23-19)18-9-3-16(4-10-18)6-12-20-14-22-26-24-20/h1-14H,(H,21,23,25)(H,22,24,26). The van der Waals surface area contributed by atoms with Crippen molar-refractivity contribution in [1.29, 1.82) is 0 Å². The van der Waals surface area contributed by atoms with Gasteiger partial charge in [0, 0.05) is 12.4 Å². The molecular formula is C20H16N6. The predicted octanol–water partition coefficient (Wildman–Crippen LogP) is 3.93. The third-order valence-electron chi connectivity index (χ3n) is 3.92. The van der Waals surface area contributed by atoms with Crippen LogP contribution in [0.4, 0.5) is 0 Å². The van der Waals surface area contributed by atoms with Crippen molar-refractivity contribution in [2.75, 3.05) is 0 Å². The predicted molar refractivity (Wildman–Crippen MR) is 102 cm³/mol. The molecule has 2 heterocycles. The first-order valence-electron chi connectivity index (χ1n) is 8.16. The minimum Gasteiger partial charge on any atom is -0.265 e. The summed E-state index contributed by atoms with van der Waals surface area (Å²) in [7, 11) is 0. The molecule has 0 spiro atoms. The Labute approximate surface area is 150 Å². The molecule has 0 saturated carbocycles. The van der Waals surface area contributed by atoms with E-state index in [0.717, 1.165) is 22.5 Å². The highest BCUT2D eigenvalue weighted by Gasteiger charge is 1.98. The Bertz CT molecular complexity index is 910. The van der Waals surface area contributed by atoms with Gasteiger partial charge in [0.25, 0.3) is 0 Å². The van der Waals surface area contributed by atoms with Crippen LogP contribution in [0, 0.1) is 0 Å². The van der Waals surface area contributed by atoms with Crippen molar-refractivity contribution in [3.8, 4) is 11.1 Å². The van der Waals surface area contributed by atoms with Gasteiger partial charge >= 0.3 is 0 Å². The summed E-state index contributed by atoms with van der Waals surface area (Å²) < 4.78 is 0. The Hall–Kier alpha value is -3.80. The van der Waals surface area contributed by atoms with Crippen LogP contribution < -0.4 is 0 Å². The molecule has 6 nitrogen and oxygen atoms in total. The lowest BCUT2D eigenvalue weighted by atomic mass is 10.0. The SMILES string of the molecule is C(=Cc1c[nH]nn1)c1ccc(-c2ccc(C=Cc3c[nH]nn3)cc2)cc1. The maximum absolute atomic E-state index is 3.93. The summed E-state index contributed by atoms with van der Waals surface area (Å²) in [5.41, 5.74) is 6.20. The number of rotatable bonds is 5. The Kier molecular flexibility index (Phi) is 4.47. The molecule has 2 aromatic heterocycles. The highest BCUT2D eigenvalue weighted by Crippen LogP contribution is 2.21. The van der Waals surface area contributed by atoms with Crippen molar-refractivity contribution in [2.45, 2.75) is 0 Å². The lowest BCUT2D eigenvalue weighted by Gasteiger charge is -2.03. The van der Waals surface area contributed by atoms with E-state index in [1.807, 2.05) is 24.3 Å². The van der Waals surface area contributed by atoms with Gasteiger partial charge in [-0.15, -0.1) is 10.2 Å². The summed E-state index contributed by atoms with van der Waals surface area (Å²) in [6.07, 6.45) is 11.4. The summed E-state index contributed by atoms with van der Waals surface area (Å²) >= 11 is 0. The van der Waals surface area contributed by atoms with Crippen LogP contribution in [0.15, 0.2) is 60.9 Å². The van der Waals surface area contributed by atoms with Crippen LogP contribution in [-0.4, -0.2) is 30.8 Å². The van der Waals surface area contributed by atoms with Crippen molar-refractivity contribution >= 4 is 24.3 Å². The summed E-state index contributed by atoms with van der Waals surface area (Å²) in [5, 5.41) is 20.6. The Morgan fingerprint density at radius 2 is 0.962 bits per heavy atom. The third kappa shape index (κ3) is 3.81. The third-order valence-corrected chi connectivity index (χ3v) is 3.92. The van der Waals surface area contributed by atoms with Crippen LogP contribution in [0.3, 0.4) is 0 Å². The number of nitrogens with zero attached hydrogens (tertiary/aromatic N) is 4. The first kappa shape index (κ1) is 15.7. The van der Waals surface area contributed by atoms with Crippen molar-refractivity contribution < 1.29 is 0 Å². The number of H-pyrrole nitrogens is 2.